The third-order valence-electron chi connectivity index (χ3n) is 4.50. The molecule has 30 heavy (non-hydrogen) atoms. The zero-order chi connectivity index (χ0) is 21.3. The van der Waals surface area contributed by atoms with Gasteiger partial charge in [-0.25, -0.2) is 0 Å². The lowest BCUT2D eigenvalue weighted by Crippen LogP contribution is -2.05. The van der Waals surface area contributed by atoms with Crippen LogP contribution in [0.3, 0.4) is 0 Å². The number of hydrogen-bond donors (Lipinski definition) is 0. The molecule has 2 heterocycles. The number of ketones is 1. The van der Waals surface area contributed by atoms with Crippen molar-refractivity contribution in [2.24, 2.45) is 0 Å². The van der Waals surface area contributed by atoms with E-state index >= 15 is 0 Å². The minimum absolute atomic E-state index is 0.0109. The summed E-state index contributed by atoms with van der Waals surface area (Å²) in [6.45, 7) is 4.09. The lowest BCUT2D eigenvalue weighted by atomic mass is 10.1. The van der Waals surface area contributed by atoms with Crippen molar-refractivity contribution >= 4 is 52.1 Å². The average Bonchev–Trinajstić information content (AvgIpc) is 3.34. The molecule has 8 heteroatoms. The summed E-state index contributed by atoms with van der Waals surface area (Å²) in [5, 5.41) is 10.1. The van der Waals surface area contributed by atoms with Crippen LogP contribution >= 0.6 is 46.3 Å². The van der Waals surface area contributed by atoms with Crippen LogP contribution < -0.4 is 0 Å². The molecule has 152 valence electrons. The number of thiophene rings is 1. The van der Waals surface area contributed by atoms with Gasteiger partial charge in [-0.15, -0.1) is 21.5 Å². The smallest absolute Gasteiger partial charge is 0.196 e. The van der Waals surface area contributed by atoms with Gasteiger partial charge in [0.05, 0.1) is 20.7 Å². The molecule has 0 aliphatic heterocycles. The number of hydrogen-bond acceptors (Lipinski definition) is 5. The van der Waals surface area contributed by atoms with Crippen LogP contribution in [0.5, 0.6) is 0 Å². The maximum atomic E-state index is 12.6. The third-order valence-corrected chi connectivity index (χ3v) is 6.94. The molecule has 4 nitrogen and oxygen atoms in total. The van der Waals surface area contributed by atoms with Crippen LogP contribution in [0.15, 0.2) is 59.8 Å². The van der Waals surface area contributed by atoms with Crippen LogP contribution in [0.1, 0.15) is 20.8 Å². The fourth-order valence-electron chi connectivity index (χ4n) is 3.02. The Morgan fingerprint density at radius 3 is 2.63 bits per heavy atom. The average molecular weight is 474 g/mol. The van der Waals surface area contributed by atoms with Gasteiger partial charge in [0.25, 0.3) is 0 Å². The normalized spacial score (nSPS) is 11.1. The Hall–Kier alpha value is -2.12. The van der Waals surface area contributed by atoms with Gasteiger partial charge in [-0.1, -0.05) is 59.2 Å². The molecule has 0 aliphatic carbocycles. The number of nitrogens with zero attached hydrogens (tertiary/aromatic N) is 3. The van der Waals surface area contributed by atoms with Crippen LogP contribution in [0.4, 0.5) is 0 Å². The number of rotatable bonds is 6. The number of Topliss-reactive ketones (excluding diaryl/α,β-unsaturated/α-hetero) is 1. The highest BCUT2D eigenvalue weighted by atomic mass is 35.5. The van der Waals surface area contributed by atoms with Crippen molar-refractivity contribution in [2.75, 3.05) is 5.75 Å². The van der Waals surface area contributed by atoms with Gasteiger partial charge in [-0.3, -0.25) is 9.36 Å². The molecule has 0 unspecified atom stereocenters. The fraction of sp³-hybridized carbons (Fsp3) is 0.136. The Bertz CT molecular complexity index is 1230. The monoisotopic (exact) mass is 473 g/mol. The quantitative estimate of drug-likeness (QED) is 0.225. The minimum atomic E-state index is 0.0109. The van der Waals surface area contributed by atoms with E-state index in [4.69, 9.17) is 23.2 Å². The molecule has 0 aliphatic rings. The van der Waals surface area contributed by atoms with E-state index in [2.05, 4.69) is 28.4 Å². The molecule has 4 aromatic rings. The number of thioether (sulfide) groups is 1. The van der Waals surface area contributed by atoms with Gasteiger partial charge in [-0.05, 0) is 55.3 Å². The van der Waals surface area contributed by atoms with Crippen molar-refractivity contribution in [3.05, 3.63) is 80.0 Å². The molecule has 2 aromatic heterocycles. The lowest BCUT2D eigenvalue weighted by molar-refractivity contribution is 0.102. The zero-order valence-electron chi connectivity index (χ0n) is 16.2. The highest BCUT2D eigenvalue weighted by Crippen LogP contribution is 2.32. The molecule has 0 saturated carbocycles. The van der Waals surface area contributed by atoms with Gasteiger partial charge in [-0.2, -0.15) is 0 Å². The summed E-state index contributed by atoms with van der Waals surface area (Å²) in [5.74, 6) is 0.937. The Morgan fingerprint density at radius 2 is 1.90 bits per heavy atom. The predicted molar refractivity (Wildman–Crippen MR) is 126 cm³/mol. The van der Waals surface area contributed by atoms with E-state index in [1.807, 2.05) is 42.7 Å². The molecule has 0 saturated heterocycles. The maximum absolute atomic E-state index is 12.6. The van der Waals surface area contributed by atoms with Crippen molar-refractivity contribution in [2.45, 2.75) is 19.0 Å². The van der Waals surface area contributed by atoms with Crippen LogP contribution in [-0.2, 0) is 0 Å². The SMILES string of the molecule is Cc1ccc(C)c(-n2c(SCC(=O)c3ccc(Cl)s3)nnc2-c2cccc(Cl)c2)c1. The first-order chi connectivity index (χ1) is 14.4. The maximum Gasteiger partial charge on any atom is 0.196 e. The standard InChI is InChI=1S/C22H17Cl2N3OS2/c1-13-6-7-14(2)17(10-13)27-21(15-4-3-5-16(23)11-15)25-26-22(27)29-12-18(28)19-8-9-20(24)30-19/h3-11H,12H2,1-2H3. The Kier molecular flexibility index (Phi) is 6.29. The molecule has 0 amide bonds. The van der Waals surface area contributed by atoms with Gasteiger partial charge < -0.3 is 0 Å². The summed E-state index contributed by atoms with van der Waals surface area (Å²) in [6, 6.07) is 17.2. The Morgan fingerprint density at radius 1 is 1.07 bits per heavy atom. The molecular weight excluding hydrogens is 457 g/mol. The first-order valence-corrected chi connectivity index (χ1v) is 11.7. The van der Waals surface area contributed by atoms with E-state index in [9.17, 15) is 4.79 Å². The largest absolute Gasteiger partial charge is 0.292 e. The summed E-state index contributed by atoms with van der Waals surface area (Å²) in [5.41, 5.74) is 4.05. The molecule has 4 rings (SSSR count). The molecule has 0 atom stereocenters. The van der Waals surface area contributed by atoms with Crippen LogP contribution in [0, 0.1) is 13.8 Å². The fourth-order valence-corrected chi connectivity index (χ4v) is 5.11. The van der Waals surface area contributed by atoms with E-state index < -0.39 is 0 Å². The van der Waals surface area contributed by atoms with Gasteiger partial charge in [0.15, 0.2) is 16.8 Å². The second-order valence-corrected chi connectivity index (χ2v) is 9.85. The summed E-state index contributed by atoms with van der Waals surface area (Å²) in [4.78, 5) is 13.2. The van der Waals surface area contributed by atoms with Crippen LogP contribution in [-0.4, -0.2) is 26.3 Å². The number of halogens is 2. The first-order valence-electron chi connectivity index (χ1n) is 9.12. The van der Waals surface area contributed by atoms with Crippen molar-refractivity contribution in [1.29, 1.82) is 0 Å². The Balaban J connectivity index is 1.75. The second-order valence-electron chi connectivity index (χ2n) is 6.76. The number of aryl methyl sites for hydroxylation is 2. The first kappa shape index (κ1) is 21.1. The van der Waals surface area contributed by atoms with E-state index in [1.165, 1.54) is 23.1 Å². The van der Waals surface area contributed by atoms with Crippen molar-refractivity contribution in [3.8, 4) is 17.1 Å². The molecule has 0 bridgehead atoms. The molecule has 0 N–H and O–H groups in total. The predicted octanol–water partition coefficient (Wildman–Crippen LogP) is 6.89. The van der Waals surface area contributed by atoms with Crippen molar-refractivity contribution in [3.63, 3.8) is 0 Å². The van der Waals surface area contributed by atoms with Crippen LogP contribution in [0.2, 0.25) is 9.36 Å². The van der Waals surface area contributed by atoms with E-state index in [1.54, 1.807) is 12.1 Å². The molecular formula is C22H17Cl2N3OS2. The number of aromatic nitrogens is 3. The van der Waals surface area contributed by atoms with Gasteiger partial charge in [0.1, 0.15) is 0 Å². The number of carbonyl (C=O) groups excluding carboxylic acids is 1. The summed E-state index contributed by atoms with van der Waals surface area (Å²) < 4.78 is 2.60. The molecule has 2 aromatic carbocycles. The van der Waals surface area contributed by atoms with Crippen molar-refractivity contribution < 1.29 is 4.79 Å². The highest BCUT2D eigenvalue weighted by molar-refractivity contribution is 7.99. The topological polar surface area (TPSA) is 47.8 Å². The Labute approximate surface area is 192 Å². The van der Waals surface area contributed by atoms with Crippen molar-refractivity contribution in [1.82, 2.24) is 14.8 Å². The molecule has 0 fully saturated rings. The lowest BCUT2D eigenvalue weighted by Gasteiger charge is -2.14. The van der Waals surface area contributed by atoms with Gasteiger partial charge in [0, 0.05) is 10.6 Å². The summed E-state index contributed by atoms with van der Waals surface area (Å²) in [7, 11) is 0. The third kappa shape index (κ3) is 4.47. The number of benzene rings is 2. The minimum Gasteiger partial charge on any atom is -0.292 e. The molecule has 0 spiro atoms. The summed E-state index contributed by atoms with van der Waals surface area (Å²) >= 11 is 14.8. The van der Waals surface area contributed by atoms with E-state index in [-0.39, 0.29) is 11.5 Å². The van der Waals surface area contributed by atoms with Gasteiger partial charge >= 0.3 is 0 Å². The second kappa shape index (κ2) is 8.94. The van der Waals surface area contributed by atoms with E-state index in [0.29, 0.717) is 25.2 Å². The van der Waals surface area contributed by atoms with Gasteiger partial charge in [0.2, 0.25) is 0 Å². The highest BCUT2D eigenvalue weighted by Gasteiger charge is 2.20. The van der Waals surface area contributed by atoms with Crippen LogP contribution in [0.25, 0.3) is 17.1 Å². The summed E-state index contributed by atoms with van der Waals surface area (Å²) in [6.07, 6.45) is 0. The molecule has 0 radical (unpaired) electrons. The van der Waals surface area contributed by atoms with E-state index in [0.717, 1.165) is 22.4 Å². The number of carbonyl (C=O) groups is 1. The zero-order valence-corrected chi connectivity index (χ0v) is 19.4.